The van der Waals surface area contributed by atoms with Crippen LogP contribution in [0, 0.1) is 4.64 Å². The Hall–Kier alpha value is -1.27. The van der Waals surface area contributed by atoms with E-state index in [1.54, 1.807) is 4.52 Å². The Kier molecular flexibility index (Phi) is 2.26. The quantitative estimate of drug-likeness (QED) is 0.729. The first-order valence-corrected chi connectivity index (χ1v) is 5.80. The molecule has 0 fully saturated rings. The van der Waals surface area contributed by atoms with E-state index in [4.69, 9.17) is 17.3 Å². The molecule has 1 aliphatic rings. The van der Waals surface area contributed by atoms with Crippen LogP contribution >= 0.6 is 12.2 Å². The molecule has 0 radical (unpaired) electrons. The zero-order valence-corrected chi connectivity index (χ0v) is 9.55. The van der Waals surface area contributed by atoms with Gasteiger partial charge in [0.05, 0.1) is 5.69 Å². The van der Waals surface area contributed by atoms with Crippen LogP contribution in [0.25, 0.3) is 5.78 Å². The topological polar surface area (TPSA) is 66.2 Å². The first-order chi connectivity index (χ1) is 7.79. The fraction of sp³-hybridized carbons (Fsp3) is 0.500. The molecule has 0 atom stereocenters. The third-order valence-electron chi connectivity index (χ3n) is 2.96. The van der Waals surface area contributed by atoms with Crippen LogP contribution in [-0.2, 0) is 19.4 Å². The van der Waals surface area contributed by atoms with Crippen LogP contribution < -0.4 is 0 Å². The summed E-state index contributed by atoms with van der Waals surface area (Å²) in [5, 5.41) is 12.0. The second kappa shape index (κ2) is 3.64. The molecule has 2 heterocycles. The van der Waals surface area contributed by atoms with Gasteiger partial charge in [-0.1, -0.05) is 12.2 Å². The third-order valence-corrected chi connectivity index (χ3v) is 3.39. The van der Waals surface area contributed by atoms with Gasteiger partial charge in [0.15, 0.2) is 5.82 Å². The van der Waals surface area contributed by atoms with Gasteiger partial charge in [-0.25, -0.2) is 9.50 Å². The summed E-state index contributed by atoms with van der Waals surface area (Å²) in [7, 11) is 0. The van der Waals surface area contributed by atoms with Crippen LogP contribution in [0.1, 0.15) is 29.9 Å². The van der Waals surface area contributed by atoms with E-state index in [1.807, 2.05) is 0 Å². The van der Waals surface area contributed by atoms with Gasteiger partial charge < -0.3 is 5.11 Å². The molecule has 2 N–H and O–H groups in total. The van der Waals surface area contributed by atoms with Crippen molar-refractivity contribution in [2.45, 2.75) is 32.3 Å². The second-order valence-electron chi connectivity index (χ2n) is 4.01. The van der Waals surface area contributed by atoms with E-state index in [1.165, 1.54) is 12.8 Å². The molecule has 0 saturated heterocycles. The summed E-state index contributed by atoms with van der Waals surface area (Å²) in [4.78, 5) is 8.67. The average molecular weight is 236 g/mol. The molecule has 5 nitrogen and oxygen atoms in total. The summed E-state index contributed by atoms with van der Waals surface area (Å²) in [6.07, 6.45) is 4.32. The molecule has 84 valence electrons. The first-order valence-electron chi connectivity index (χ1n) is 5.40. The Morgan fingerprint density at radius 1 is 1.31 bits per heavy atom. The SMILES string of the molecule is OCc1nc2nc3c(c(=S)n2[nH]1)CCCC3. The molecule has 0 bridgehead atoms. The van der Waals surface area contributed by atoms with Gasteiger partial charge in [-0.15, -0.1) is 0 Å². The van der Waals surface area contributed by atoms with Gasteiger partial charge >= 0.3 is 0 Å². The summed E-state index contributed by atoms with van der Waals surface area (Å²) in [5.41, 5.74) is 2.24. The van der Waals surface area contributed by atoms with Crippen molar-refractivity contribution in [3.63, 3.8) is 0 Å². The molecule has 0 saturated carbocycles. The number of hydrogen-bond acceptors (Lipinski definition) is 4. The standard InChI is InChI=1S/C10H12N4OS/c15-5-8-12-10-11-7-4-2-1-3-6(7)9(16)14(10)13-8/h15H,1-5H2,(H,11,12,13). The predicted octanol–water partition coefficient (Wildman–Crippen LogP) is 1.16. The number of nitrogens with zero attached hydrogens (tertiary/aromatic N) is 3. The first kappa shape index (κ1) is 9.92. The molecule has 2 aromatic heterocycles. The van der Waals surface area contributed by atoms with Crippen molar-refractivity contribution in [1.29, 1.82) is 0 Å². The number of nitrogens with one attached hydrogen (secondary N) is 1. The maximum absolute atomic E-state index is 9.03. The normalized spacial score (nSPS) is 15.3. The highest BCUT2D eigenvalue weighted by atomic mass is 32.1. The van der Waals surface area contributed by atoms with Crippen LogP contribution in [0.4, 0.5) is 0 Å². The van der Waals surface area contributed by atoms with E-state index < -0.39 is 0 Å². The van der Waals surface area contributed by atoms with E-state index in [0.29, 0.717) is 11.6 Å². The van der Waals surface area contributed by atoms with Crippen molar-refractivity contribution in [1.82, 2.24) is 19.6 Å². The van der Waals surface area contributed by atoms with Gasteiger partial charge in [0, 0.05) is 5.56 Å². The molecule has 0 aliphatic heterocycles. The van der Waals surface area contributed by atoms with Crippen molar-refractivity contribution >= 4 is 18.0 Å². The second-order valence-corrected chi connectivity index (χ2v) is 4.40. The molecular weight excluding hydrogens is 224 g/mol. The maximum Gasteiger partial charge on any atom is 0.252 e. The van der Waals surface area contributed by atoms with Gasteiger partial charge in [0.25, 0.3) is 5.78 Å². The number of aromatic nitrogens is 4. The monoisotopic (exact) mass is 236 g/mol. The van der Waals surface area contributed by atoms with Gasteiger partial charge in [-0.05, 0) is 25.7 Å². The lowest BCUT2D eigenvalue weighted by molar-refractivity contribution is 0.271. The van der Waals surface area contributed by atoms with Crippen molar-refractivity contribution in [2.24, 2.45) is 0 Å². The minimum Gasteiger partial charge on any atom is -0.388 e. The van der Waals surface area contributed by atoms with Crippen molar-refractivity contribution < 1.29 is 5.11 Å². The molecule has 0 spiro atoms. The number of aromatic amines is 1. The highest BCUT2D eigenvalue weighted by Gasteiger charge is 2.16. The van der Waals surface area contributed by atoms with Gasteiger partial charge in [-0.2, -0.15) is 4.98 Å². The van der Waals surface area contributed by atoms with E-state index in [9.17, 15) is 0 Å². The zero-order valence-electron chi connectivity index (χ0n) is 8.73. The summed E-state index contributed by atoms with van der Waals surface area (Å²) < 4.78 is 2.44. The molecule has 0 aromatic carbocycles. The number of fused-ring (bicyclic) bond motifs is 2. The van der Waals surface area contributed by atoms with Crippen LogP contribution in [0.3, 0.4) is 0 Å². The Bertz CT molecular complexity index is 601. The third kappa shape index (κ3) is 1.37. The smallest absolute Gasteiger partial charge is 0.252 e. The summed E-state index contributed by atoms with van der Waals surface area (Å²) in [6, 6.07) is 0. The van der Waals surface area contributed by atoms with Crippen molar-refractivity contribution in [2.75, 3.05) is 0 Å². The Morgan fingerprint density at radius 2 is 2.12 bits per heavy atom. The Labute approximate surface area is 97.1 Å². The van der Waals surface area contributed by atoms with Gasteiger partial charge in [0.2, 0.25) is 0 Å². The molecule has 6 heteroatoms. The van der Waals surface area contributed by atoms with E-state index in [0.717, 1.165) is 28.7 Å². The maximum atomic E-state index is 9.03. The number of H-pyrrole nitrogens is 1. The number of aryl methyl sites for hydroxylation is 1. The molecule has 3 rings (SSSR count). The van der Waals surface area contributed by atoms with E-state index in [2.05, 4.69) is 15.1 Å². The Balaban J connectivity index is 2.32. The average Bonchev–Trinajstić information content (AvgIpc) is 2.73. The minimum atomic E-state index is -0.122. The zero-order chi connectivity index (χ0) is 11.1. The van der Waals surface area contributed by atoms with Gasteiger partial charge in [0.1, 0.15) is 11.2 Å². The van der Waals surface area contributed by atoms with E-state index >= 15 is 0 Å². The van der Waals surface area contributed by atoms with E-state index in [-0.39, 0.29) is 6.61 Å². The van der Waals surface area contributed by atoms with Crippen molar-refractivity contribution in [3.05, 3.63) is 21.7 Å². The molecule has 2 aromatic rings. The Morgan fingerprint density at radius 3 is 2.94 bits per heavy atom. The molecule has 1 aliphatic carbocycles. The van der Waals surface area contributed by atoms with Gasteiger partial charge in [-0.3, -0.25) is 5.10 Å². The van der Waals surface area contributed by atoms with Crippen LogP contribution in [-0.4, -0.2) is 24.7 Å². The molecule has 0 amide bonds. The number of aliphatic hydroxyl groups excluding tert-OH is 1. The fourth-order valence-corrected chi connectivity index (χ4v) is 2.51. The summed E-state index contributed by atoms with van der Waals surface area (Å²) in [6.45, 7) is -0.122. The van der Waals surface area contributed by atoms with Crippen LogP contribution in [0.2, 0.25) is 0 Å². The van der Waals surface area contributed by atoms with Crippen LogP contribution in [0.15, 0.2) is 0 Å². The summed E-state index contributed by atoms with van der Waals surface area (Å²) in [5.74, 6) is 1.07. The van der Waals surface area contributed by atoms with Crippen LogP contribution in [0.5, 0.6) is 0 Å². The number of rotatable bonds is 1. The highest BCUT2D eigenvalue weighted by Crippen LogP contribution is 2.21. The molecule has 16 heavy (non-hydrogen) atoms. The lowest BCUT2D eigenvalue weighted by Gasteiger charge is -2.14. The fourth-order valence-electron chi connectivity index (χ4n) is 2.16. The lowest BCUT2D eigenvalue weighted by atomic mass is 9.98. The highest BCUT2D eigenvalue weighted by molar-refractivity contribution is 7.71. The summed E-state index contributed by atoms with van der Waals surface area (Å²) >= 11 is 5.41. The largest absolute Gasteiger partial charge is 0.388 e. The van der Waals surface area contributed by atoms with Crippen molar-refractivity contribution in [3.8, 4) is 0 Å². The minimum absolute atomic E-state index is 0.122. The molecular formula is C10H12N4OS. The number of aliphatic hydroxyl groups is 1. The molecule has 0 unspecified atom stereocenters. The lowest BCUT2D eigenvalue weighted by Crippen LogP contribution is -2.10. The predicted molar refractivity (Wildman–Crippen MR) is 60.7 cm³/mol. The number of hydrogen-bond donors (Lipinski definition) is 2.